The van der Waals surface area contributed by atoms with Crippen molar-refractivity contribution in [2.75, 3.05) is 6.54 Å². The minimum Gasteiger partial charge on any atom is -0.370 e. The number of nitrogens with zero attached hydrogens (tertiary/aromatic N) is 2. The van der Waals surface area contributed by atoms with Crippen LogP contribution in [0.5, 0.6) is 0 Å². The molecule has 0 saturated carbocycles. The molecular weight excluding hydrogens is 475 g/mol. The van der Waals surface area contributed by atoms with Gasteiger partial charge in [-0.3, -0.25) is 9.59 Å². The number of nitriles is 1. The molecule has 0 spiro atoms. The van der Waals surface area contributed by atoms with Crippen molar-refractivity contribution in [3.05, 3.63) is 52.5 Å². The highest BCUT2D eigenvalue weighted by atomic mass is 35.5. The second kappa shape index (κ2) is 9.88. The number of carbonyl (C=O) groups is 2. The van der Waals surface area contributed by atoms with Gasteiger partial charge in [0.25, 0.3) is 0 Å². The normalized spacial score (nSPS) is 17.5. The summed E-state index contributed by atoms with van der Waals surface area (Å²) in [6.07, 6.45) is 0.380. The minimum atomic E-state index is -4.09. The minimum absolute atomic E-state index is 0.0205. The van der Waals surface area contributed by atoms with E-state index in [1.807, 2.05) is 0 Å². The second-order valence-corrected chi connectivity index (χ2v) is 9.99. The summed E-state index contributed by atoms with van der Waals surface area (Å²) in [6, 6.07) is 11.2. The zero-order chi connectivity index (χ0) is 23.5. The summed E-state index contributed by atoms with van der Waals surface area (Å²) >= 11 is 12.2. The second-order valence-electron chi connectivity index (χ2n) is 7.29. The molecule has 2 aromatic carbocycles. The molecule has 0 unspecified atom stereocenters. The predicted molar refractivity (Wildman–Crippen MR) is 120 cm³/mol. The molecule has 1 aliphatic heterocycles. The van der Waals surface area contributed by atoms with Crippen molar-refractivity contribution in [1.82, 2.24) is 9.62 Å². The van der Waals surface area contributed by atoms with Gasteiger partial charge in [-0.05, 0) is 48.2 Å². The lowest BCUT2D eigenvalue weighted by atomic mass is 10.1. The van der Waals surface area contributed by atoms with Crippen molar-refractivity contribution >= 4 is 45.0 Å². The Morgan fingerprint density at radius 1 is 1.19 bits per heavy atom. The van der Waals surface area contributed by atoms with Crippen molar-refractivity contribution in [3.8, 4) is 17.2 Å². The van der Waals surface area contributed by atoms with Gasteiger partial charge in [0.1, 0.15) is 17.0 Å². The van der Waals surface area contributed by atoms with Crippen LogP contribution in [0.15, 0.2) is 47.4 Å². The molecule has 2 atom stereocenters. The Kier molecular flexibility index (Phi) is 7.41. The van der Waals surface area contributed by atoms with E-state index in [9.17, 15) is 18.0 Å². The summed E-state index contributed by atoms with van der Waals surface area (Å²) in [5.74, 6) is -1.41. The number of nitrogens with two attached hydrogens (primary N) is 1. The first kappa shape index (κ1) is 24.0. The van der Waals surface area contributed by atoms with Crippen LogP contribution in [0.2, 0.25) is 10.0 Å². The van der Waals surface area contributed by atoms with Crippen LogP contribution < -0.4 is 11.1 Å². The molecule has 32 heavy (non-hydrogen) atoms. The van der Waals surface area contributed by atoms with Gasteiger partial charge in [0.2, 0.25) is 21.8 Å². The maximum atomic E-state index is 13.3. The highest BCUT2D eigenvalue weighted by Gasteiger charge is 2.40. The molecule has 3 N–H and O–H groups in total. The van der Waals surface area contributed by atoms with Crippen LogP contribution in [-0.4, -0.2) is 43.2 Å². The van der Waals surface area contributed by atoms with E-state index in [0.717, 1.165) is 9.87 Å². The van der Waals surface area contributed by atoms with E-state index < -0.39 is 33.9 Å². The summed E-state index contributed by atoms with van der Waals surface area (Å²) in [5.41, 5.74) is 6.61. The van der Waals surface area contributed by atoms with Crippen LogP contribution in [0.3, 0.4) is 0 Å². The number of hydrogen-bond acceptors (Lipinski definition) is 5. The van der Waals surface area contributed by atoms with Gasteiger partial charge in [-0.1, -0.05) is 41.4 Å². The third kappa shape index (κ3) is 5.22. The fourth-order valence-corrected chi connectivity index (χ4v) is 5.85. The summed E-state index contributed by atoms with van der Waals surface area (Å²) in [6.45, 7) is 0.128. The molecule has 168 valence electrons. The van der Waals surface area contributed by atoms with Crippen molar-refractivity contribution in [2.24, 2.45) is 5.73 Å². The molecule has 0 bridgehead atoms. The highest BCUT2D eigenvalue weighted by molar-refractivity contribution is 7.89. The quantitative estimate of drug-likeness (QED) is 0.610. The average molecular weight is 495 g/mol. The van der Waals surface area contributed by atoms with E-state index in [2.05, 4.69) is 5.32 Å². The number of carbonyl (C=O) groups excluding carboxylic acids is 2. The predicted octanol–water partition coefficient (Wildman–Crippen LogP) is 2.70. The molecule has 0 aliphatic carbocycles. The Morgan fingerprint density at radius 3 is 2.44 bits per heavy atom. The largest absolute Gasteiger partial charge is 0.370 e. The van der Waals surface area contributed by atoms with Crippen molar-refractivity contribution < 1.29 is 18.0 Å². The van der Waals surface area contributed by atoms with Crippen LogP contribution in [-0.2, 0) is 19.6 Å². The number of rotatable bonds is 7. The molecule has 11 heteroatoms. The molecule has 8 nitrogen and oxygen atoms in total. The van der Waals surface area contributed by atoms with Crippen molar-refractivity contribution in [1.29, 1.82) is 5.26 Å². The number of amides is 2. The SMILES string of the molecule is N#C[C@H](CC(N)=O)NC(=O)[C@@H]1CCCN1S(=O)(=O)c1ccc(-c2ccc(Cl)cc2)cc1Cl. The number of sulfonamides is 1. The number of benzene rings is 2. The Hall–Kier alpha value is -2.64. The number of nitrogens with one attached hydrogen (secondary N) is 1. The topological polar surface area (TPSA) is 133 Å². The molecule has 2 amide bonds. The summed E-state index contributed by atoms with van der Waals surface area (Å²) < 4.78 is 27.7. The summed E-state index contributed by atoms with van der Waals surface area (Å²) in [7, 11) is -4.09. The van der Waals surface area contributed by atoms with Gasteiger partial charge < -0.3 is 11.1 Å². The summed E-state index contributed by atoms with van der Waals surface area (Å²) in [4.78, 5) is 23.6. The molecule has 1 aliphatic rings. The zero-order valence-electron chi connectivity index (χ0n) is 16.8. The maximum Gasteiger partial charge on any atom is 0.245 e. The van der Waals surface area contributed by atoms with Crippen LogP contribution in [0.4, 0.5) is 0 Å². The third-order valence-electron chi connectivity index (χ3n) is 5.08. The van der Waals surface area contributed by atoms with Crippen molar-refractivity contribution in [2.45, 2.75) is 36.2 Å². The van der Waals surface area contributed by atoms with Gasteiger partial charge in [-0.25, -0.2) is 8.42 Å². The van der Waals surface area contributed by atoms with Crippen LogP contribution in [0.1, 0.15) is 19.3 Å². The van der Waals surface area contributed by atoms with Crippen molar-refractivity contribution in [3.63, 3.8) is 0 Å². The van der Waals surface area contributed by atoms with Crippen LogP contribution in [0.25, 0.3) is 11.1 Å². The van der Waals surface area contributed by atoms with Gasteiger partial charge in [-0.2, -0.15) is 9.57 Å². The fourth-order valence-electron chi connectivity index (χ4n) is 3.55. The number of halogens is 2. The Balaban J connectivity index is 1.84. The molecule has 0 radical (unpaired) electrons. The van der Waals surface area contributed by atoms with E-state index in [4.69, 9.17) is 34.2 Å². The fraction of sp³-hybridized carbons (Fsp3) is 0.286. The van der Waals surface area contributed by atoms with Gasteiger partial charge in [0.15, 0.2) is 0 Å². The number of primary amides is 1. The Morgan fingerprint density at radius 2 is 1.84 bits per heavy atom. The molecule has 1 heterocycles. The van der Waals surface area contributed by atoms with E-state index in [0.29, 0.717) is 17.0 Å². The lowest BCUT2D eigenvalue weighted by Crippen LogP contribution is -2.49. The third-order valence-corrected chi connectivity index (χ3v) is 7.72. The molecule has 1 saturated heterocycles. The number of hydrogen-bond donors (Lipinski definition) is 2. The average Bonchev–Trinajstić information content (AvgIpc) is 3.24. The standard InChI is InChI=1S/C21H20Cl2N4O4S/c22-15-6-3-13(4-7-15)14-5-8-19(17(23)10-14)32(30,31)27-9-1-2-18(27)21(29)26-16(12-24)11-20(25)28/h3-8,10,16,18H,1-2,9,11H2,(H2,25,28)(H,26,29)/t16-,18-/m0/s1. The Labute approximate surface area is 195 Å². The Bertz CT molecular complexity index is 1180. The maximum absolute atomic E-state index is 13.3. The molecular formula is C21H20Cl2N4O4S. The van der Waals surface area contributed by atoms with Gasteiger partial charge >= 0.3 is 0 Å². The lowest BCUT2D eigenvalue weighted by molar-refractivity contribution is -0.125. The first-order chi connectivity index (χ1) is 15.1. The first-order valence-electron chi connectivity index (χ1n) is 9.69. The van der Waals surface area contributed by atoms with E-state index >= 15 is 0 Å². The van der Waals surface area contributed by atoms with Crippen LogP contribution >= 0.6 is 23.2 Å². The highest BCUT2D eigenvalue weighted by Crippen LogP contribution is 2.33. The van der Waals surface area contributed by atoms with Gasteiger partial charge in [0.05, 0.1) is 17.5 Å². The molecule has 1 fully saturated rings. The summed E-state index contributed by atoms with van der Waals surface area (Å²) in [5, 5.41) is 12.1. The molecule has 3 rings (SSSR count). The van der Waals surface area contributed by atoms with E-state index in [1.165, 1.54) is 6.07 Å². The van der Waals surface area contributed by atoms with Gasteiger partial charge in [-0.15, -0.1) is 0 Å². The van der Waals surface area contributed by atoms with Gasteiger partial charge in [0, 0.05) is 11.6 Å². The molecule has 2 aromatic rings. The first-order valence-corrected chi connectivity index (χ1v) is 11.9. The molecule has 0 aromatic heterocycles. The monoisotopic (exact) mass is 494 g/mol. The zero-order valence-corrected chi connectivity index (χ0v) is 19.1. The van der Waals surface area contributed by atoms with E-state index in [1.54, 1.807) is 42.5 Å². The van der Waals surface area contributed by atoms with E-state index in [-0.39, 0.29) is 29.3 Å². The lowest BCUT2D eigenvalue weighted by Gasteiger charge is -2.24. The smallest absolute Gasteiger partial charge is 0.245 e. The van der Waals surface area contributed by atoms with Crippen LogP contribution in [0, 0.1) is 11.3 Å².